The van der Waals surface area contributed by atoms with E-state index in [1.807, 2.05) is 54.1 Å². The van der Waals surface area contributed by atoms with Crippen LogP contribution in [0.15, 0.2) is 52.7 Å². The zero-order chi connectivity index (χ0) is 18.4. The van der Waals surface area contributed by atoms with Gasteiger partial charge in [-0.05, 0) is 36.4 Å². The number of aryl methyl sites for hydroxylation is 1. The van der Waals surface area contributed by atoms with Gasteiger partial charge in [-0.25, -0.2) is 4.98 Å². The molecule has 2 N–H and O–H groups in total. The lowest BCUT2D eigenvalue weighted by Gasteiger charge is -2.18. The summed E-state index contributed by atoms with van der Waals surface area (Å²) in [6, 6.07) is 13.3. The Hall–Kier alpha value is -2.80. The predicted molar refractivity (Wildman–Crippen MR) is 106 cm³/mol. The first-order chi connectivity index (χ1) is 12.5. The lowest BCUT2D eigenvalue weighted by Crippen LogP contribution is -2.26. The molecule has 0 fully saturated rings. The summed E-state index contributed by atoms with van der Waals surface area (Å²) in [6.45, 7) is 0.252. The van der Waals surface area contributed by atoms with Gasteiger partial charge in [0, 0.05) is 23.3 Å². The van der Waals surface area contributed by atoms with E-state index in [1.54, 1.807) is 12.0 Å². The molecule has 1 aliphatic heterocycles. The van der Waals surface area contributed by atoms with Gasteiger partial charge in [-0.3, -0.25) is 5.41 Å². The smallest absolute Gasteiger partial charge is 0.148 e. The third-order valence-corrected chi connectivity index (χ3v) is 5.08. The predicted octanol–water partition coefficient (Wildman–Crippen LogP) is 4.11. The topological polar surface area (TPSA) is 74.4 Å². The van der Waals surface area contributed by atoms with Crippen molar-refractivity contribution in [3.8, 4) is 5.75 Å². The molecule has 0 bridgehead atoms. The van der Waals surface area contributed by atoms with E-state index in [-0.39, 0.29) is 18.1 Å². The monoisotopic (exact) mass is 412 g/mol. The van der Waals surface area contributed by atoms with Crippen LogP contribution in [-0.4, -0.2) is 34.1 Å². The van der Waals surface area contributed by atoms with E-state index in [1.165, 1.54) is 0 Å². The van der Waals surface area contributed by atoms with Gasteiger partial charge in [0.05, 0.1) is 30.3 Å². The van der Waals surface area contributed by atoms with Crippen LogP contribution < -0.4 is 9.64 Å². The molecule has 2 heterocycles. The summed E-state index contributed by atoms with van der Waals surface area (Å²) < 4.78 is 8.11. The van der Waals surface area contributed by atoms with Crippen molar-refractivity contribution in [2.45, 2.75) is 0 Å². The number of hydrogen-bond donors (Lipinski definition) is 2. The summed E-state index contributed by atoms with van der Waals surface area (Å²) >= 11 is 3.41. The van der Waals surface area contributed by atoms with Crippen molar-refractivity contribution in [2.24, 2.45) is 7.05 Å². The number of ether oxygens (including phenoxy) is 1. The zero-order valence-electron chi connectivity index (χ0n) is 14.3. The van der Waals surface area contributed by atoms with Crippen LogP contribution in [-0.2, 0) is 7.05 Å². The molecule has 26 heavy (non-hydrogen) atoms. The number of anilines is 1. The number of amidine groups is 1. The molecular weight excluding hydrogens is 396 g/mol. The molecule has 0 saturated carbocycles. The molecule has 0 aliphatic carbocycles. The summed E-state index contributed by atoms with van der Waals surface area (Å²) in [5, 5.41) is 19.1. The number of halogens is 1. The molecular formula is C19H17BrN4O2. The van der Waals surface area contributed by atoms with Gasteiger partial charge in [0.1, 0.15) is 23.2 Å². The summed E-state index contributed by atoms with van der Waals surface area (Å²) in [5.74, 6) is 1.66. The SMILES string of the molecule is COc1ccc2c(c1)nc(C1=C(O)CN(c3ccc(Br)cc3)C1=N)n2C. The minimum atomic E-state index is 0.142. The van der Waals surface area contributed by atoms with Crippen molar-refractivity contribution in [1.29, 1.82) is 5.41 Å². The van der Waals surface area contributed by atoms with Crippen LogP contribution in [0.2, 0.25) is 0 Å². The van der Waals surface area contributed by atoms with Crippen molar-refractivity contribution >= 4 is 44.1 Å². The molecule has 0 atom stereocenters. The van der Waals surface area contributed by atoms with E-state index in [0.717, 1.165) is 26.9 Å². The maximum atomic E-state index is 10.6. The number of imidazole rings is 1. The number of rotatable bonds is 3. The van der Waals surface area contributed by atoms with Crippen LogP contribution in [0.1, 0.15) is 5.82 Å². The quantitative estimate of drug-likeness (QED) is 0.678. The van der Waals surface area contributed by atoms with E-state index in [9.17, 15) is 5.11 Å². The van der Waals surface area contributed by atoms with E-state index in [4.69, 9.17) is 10.1 Å². The van der Waals surface area contributed by atoms with Gasteiger partial charge in [-0.2, -0.15) is 0 Å². The largest absolute Gasteiger partial charge is 0.509 e. The Morgan fingerprint density at radius 1 is 1.19 bits per heavy atom. The number of nitrogens with one attached hydrogen (secondary N) is 1. The molecule has 4 rings (SSSR count). The van der Waals surface area contributed by atoms with Crippen molar-refractivity contribution in [1.82, 2.24) is 9.55 Å². The van der Waals surface area contributed by atoms with E-state index in [0.29, 0.717) is 11.4 Å². The highest BCUT2D eigenvalue weighted by Crippen LogP contribution is 2.33. The Morgan fingerprint density at radius 2 is 1.92 bits per heavy atom. The van der Waals surface area contributed by atoms with Gasteiger partial charge in [0.25, 0.3) is 0 Å². The molecule has 3 aromatic rings. The Labute approximate surface area is 159 Å². The Morgan fingerprint density at radius 3 is 2.62 bits per heavy atom. The van der Waals surface area contributed by atoms with Gasteiger partial charge >= 0.3 is 0 Å². The lowest BCUT2D eigenvalue weighted by atomic mass is 10.2. The number of benzene rings is 2. The third kappa shape index (κ3) is 2.55. The molecule has 0 spiro atoms. The van der Waals surface area contributed by atoms with E-state index in [2.05, 4.69) is 20.9 Å². The fourth-order valence-corrected chi connectivity index (χ4v) is 3.45. The Balaban J connectivity index is 1.76. The average molecular weight is 413 g/mol. The maximum Gasteiger partial charge on any atom is 0.148 e. The number of aliphatic hydroxyl groups is 1. The maximum absolute atomic E-state index is 10.6. The second-order valence-electron chi connectivity index (χ2n) is 6.08. The van der Waals surface area contributed by atoms with Gasteiger partial charge in [0.15, 0.2) is 0 Å². The number of fused-ring (bicyclic) bond motifs is 1. The second kappa shape index (κ2) is 6.17. The van der Waals surface area contributed by atoms with Crippen LogP contribution in [0.4, 0.5) is 5.69 Å². The first-order valence-corrected chi connectivity index (χ1v) is 8.84. The molecule has 0 saturated heterocycles. The molecule has 132 valence electrons. The van der Waals surface area contributed by atoms with Crippen molar-refractivity contribution in [3.05, 3.63) is 58.5 Å². The van der Waals surface area contributed by atoms with Gasteiger partial charge in [-0.15, -0.1) is 0 Å². The van der Waals surface area contributed by atoms with Crippen LogP contribution in [0, 0.1) is 5.41 Å². The normalized spacial score (nSPS) is 14.6. The third-order valence-electron chi connectivity index (χ3n) is 4.55. The highest BCUT2D eigenvalue weighted by molar-refractivity contribution is 9.10. The van der Waals surface area contributed by atoms with Crippen LogP contribution >= 0.6 is 15.9 Å². The van der Waals surface area contributed by atoms with E-state index >= 15 is 0 Å². The molecule has 2 aromatic carbocycles. The zero-order valence-corrected chi connectivity index (χ0v) is 15.9. The summed E-state index contributed by atoms with van der Waals surface area (Å²) in [7, 11) is 3.50. The number of nitrogens with zero attached hydrogens (tertiary/aromatic N) is 3. The molecule has 1 aromatic heterocycles. The summed E-state index contributed by atoms with van der Waals surface area (Å²) in [6.07, 6.45) is 0. The highest BCUT2D eigenvalue weighted by Gasteiger charge is 2.32. The van der Waals surface area contributed by atoms with Gasteiger partial charge in [0.2, 0.25) is 0 Å². The molecule has 6 nitrogen and oxygen atoms in total. The Kier molecular flexibility index (Phi) is 3.96. The summed E-state index contributed by atoms with van der Waals surface area (Å²) in [5.41, 5.74) is 2.97. The van der Waals surface area contributed by atoms with Crippen LogP contribution in [0.5, 0.6) is 5.75 Å². The van der Waals surface area contributed by atoms with Crippen LogP contribution in [0.25, 0.3) is 16.6 Å². The Bertz CT molecular complexity index is 1050. The summed E-state index contributed by atoms with van der Waals surface area (Å²) in [4.78, 5) is 6.40. The molecule has 1 aliphatic rings. The van der Waals surface area contributed by atoms with Crippen molar-refractivity contribution in [2.75, 3.05) is 18.6 Å². The fourth-order valence-electron chi connectivity index (χ4n) is 3.19. The molecule has 0 amide bonds. The second-order valence-corrected chi connectivity index (χ2v) is 7.00. The average Bonchev–Trinajstić information content (AvgIpc) is 3.11. The number of aromatic nitrogens is 2. The van der Waals surface area contributed by atoms with Gasteiger partial charge < -0.3 is 19.3 Å². The van der Waals surface area contributed by atoms with Crippen molar-refractivity contribution in [3.63, 3.8) is 0 Å². The lowest BCUT2D eigenvalue weighted by molar-refractivity contribution is 0.411. The molecule has 0 radical (unpaired) electrons. The van der Waals surface area contributed by atoms with E-state index < -0.39 is 0 Å². The first-order valence-electron chi connectivity index (χ1n) is 8.04. The number of hydrogen-bond acceptors (Lipinski definition) is 4. The minimum Gasteiger partial charge on any atom is -0.509 e. The van der Waals surface area contributed by atoms with Crippen LogP contribution in [0.3, 0.4) is 0 Å². The molecule has 0 unspecified atom stereocenters. The number of methoxy groups -OCH3 is 1. The minimum absolute atomic E-state index is 0.142. The highest BCUT2D eigenvalue weighted by atomic mass is 79.9. The van der Waals surface area contributed by atoms with Gasteiger partial charge in [-0.1, -0.05) is 15.9 Å². The first kappa shape index (κ1) is 16.7. The standard InChI is InChI=1S/C19H17BrN4O2/c1-23-15-8-7-13(26-2)9-14(15)22-19(23)17-16(25)10-24(18(17)21)12-5-3-11(20)4-6-12/h3-9,21,25H,10H2,1-2H3. The van der Waals surface area contributed by atoms with Crippen molar-refractivity contribution < 1.29 is 9.84 Å². The number of aliphatic hydroxyl groups excluding tert-OH is 1. The fraction of sp³-hybridized carbons (Fsp3) is 0.158. The molecule has 7 heteroatoms.